The fourth-order valence-electron chi connectivity index (χ4n) is 1.55. The lowest BCUT2D eigenvalue weighted by Crippen LogP contribution is -2.29. The van der Waals surface area contributed by atoms with E-state index >= 15 is 0 Å². The van der Waals surface area contributed by atoms with E-state index in [1.54, 1.807) is 31.4 Å². The van der Waals surface area contributed by atoms with Crippen LogP contribution in [0.1, 0.15) is 25.8 Å². The van der Waals surface area contributed by atoms with Gasteiger partial charge in [0, 0.05) is 6.08 Å². The zero-order valence-electron chi connectivity index (χ0n) is 13.0. The second-order valence-electron chi connectivity index (χ2n) is 4.57. The number of benzene rings is 1. The van der Waals surface area contributed by atoms with Crippen molar-refractivity contribution >= 4 is 18.0 Å². The van der Waals surface area contributed by atoms with Crippen molar-refractivity contribution in [2.45, 2.75) is 26.4 Å². The SMILES string of the molecule is CCCOc1ccc(/C=C/C(=O)O[C@@H](C)C(N)=O)cc1OC. The fraction of sp³-hybridized carbons (Fsp3) is 0.375. The van der Waals surface area contributed by atoms with E-state index in [1.165, 1.54) is 13.0 Å². The maximum Gasteiger partial charge on any atom is 0.331 e. The number of hydrogen-bond donors (Lipinski definition) is 1. The number of carbonyl (C=O) groups excluding carboxylic acids is 2. The third-order valence-electron chi connectivity index (χ3n) is 2.75. The van der Waals surface area contributed by atoms with Crippen molar-refractivity contribution in [3.05, 3.63) is 29.8 Å². The van der Waals surface area contributed by atoms with Gasteiger partial charge in [-0.3, -0.25) is 4.79 Å². The Morgan fingerprint density at radius 2 is 2.05 bits per heavy atom. The Balaban J connectivity index is 2.74. The van der Waals surface area contributed by atoms with Gasteiger partial charge in [-0.15, -0.1) is 0 Å². The third kappa shape index (κ3) is 5.47. The highest BCUT2D eigenvalue weighted by Crippen LogP contribution is 2.28. The molecule has 0 spiro atoms. The van der Waals surface area contributed by atoms with Gasteiger partial charge in [0.15, 0.2) is 17.6 Å². The summed E-state index contributed by atoms with van der Waals surface area (Å²) in [5.74, 6) is -0.113. The average Bonchev–Trinajstić information content (AvgIpc) is 2.50. The van der Waals surface area contributed by atoms with Crippen molar-refractivity contribution in [1.82, 2.24) is 0 Å². The third-order valence-corrected chi connectivity index (χ3v) is 2.75. The lowest BCUT2D eigenvalue weighted by molar-refractivity contribution is -0.148. The molecule has 0 saturated heterocycles. The van der Waals surface area contributed by atoms with Crippen molar-refractivity contribution < 1.29 is 23.8 Å². The number of primary amides is 1. The molecule has 1 atom stereocenters. The first-order valence-electron chi connectivity index (χ1n) is 6.96. The molecule has 1 rings (SSSR count). The van der Waals surface area contributed by atoms with Gasteiger partial charge in [0.25, 0.3) is 5.91 Å². The van der Waals surface area contributed by atoms with Gasteiger partial charge >= 0.3 is 5.97 Å². The largest absolute Gasteiger partial charge is 0.493 e. The summed E-state index contributed by atoms with van der Waals surface area (Å²) < 4.78 is 15.6. The van der Waals surface area contributed by atoms with E-state index in [0.717, 1.165) is 12.0 Å². The zero-order valence-corrected chi connectivity index (χ0v) is 13.0. The summed E-state index contributed by atoms with van der Waals surface area (Å²) in [5, 5.41) is 0. The van der Waals surface area contributed by atoms with Crippen LogP contribution in [-0.4, -0.2) is 31.7 Å². The highest BCUT2D eigenvalue weighted by atomic mass is 16.5. The maximum absolute atomic E-state index is 11.5. The van der Waals surface area contributed by atoms with Crippen molar-refractivity contribution in [1.29, 1.82) is 0 Å². The molecule has 0 aliphatic carbocycles. The Bertz CT molecular complexity index is 553. The van der Waals surface area contributed by atoms with E-state index in [9.17, 15) is 9.59 Å². The highest BCUT2D eigenvalue weighted by Gasteiger charge is 2.12. The molecule has 0 unspecified atom stereocenters. The molecular formula is C16H21NO5. The minimum absolute atomic E-state index is 0.578. The monoisotopic (exact) mass is 307 g/mol. The first kappa shape index (κ1) is 17.6. The number of methoxy groups -OCH3 is 1. The molecule has 0 aliphatic heterocycles. The quantitative estimate of drug-likeness (QED) is 0.585. The molecular weight excluding hydrogens is 286 g/mol. The molecule has 0 aliphatic rings. The Kier molecular flexibility index (Phi) is 6.95. The molecule has 6 heteroatoms. The lowest BCUT2D eigenvalue weighted by Gasteiger charge is -2.10. The standard InChI is InChI=1S/C16H21NO5/c1-4-9-21-13-7-5-12(10-14(13)20-3)6-8-15(18)22-11(2)16(17)19/h5-8,10-11H,4,9H2,1-3H3,(H2,17,19)/b8-6+/t11-/m0/s1. The topological polar surface area (TPSA) is 87.9 Å². The molecule has 0 saturated carbocycles. The van der Waals surface area contributed by atoms with Crippen LogP contribution >= 0.6 is 0 Å². The summed E-state index contributed by atoms with van der Waals surface area (Å²) in [4.78, 5) is 22.3. The maximum atomic E-state index is 11.5. The van der Waals surface area contributed by atoms with Gasteiger partial charge in [0.2, 0.25) is 0 Å². The highest BCUT2D eigenvalue weighted by molar-refractivity contribution is 5.90. The normalized spacial score (nSPS) is 12.0. The van der Waals surface area contributed by atoms with E-state index in [1.807, 2.05) is 6.92 Å². The number of amides is 1. The van der Waals surface area contributed by atoms with Crippen LogP contribution in [0.4, 0.5) is 0 Å². The molecule has 0 bridgehead atoms. The average molecular weight is 307 g/mol. The molecule has 120 valence electrons. The Hall–Kier alpha value is -2.50. The molecule has 1 aromatic carbocycles. The summed E-state index contributed by atoms with van der Waals surface area (Å²) in [7, 11) is 1.55. The number of rotatable bonds is 8. The lowest BCUT2D eigenvalue weighted by atomic mass is 10.2. The van der Waals surface area contributed by atoms with Crippen molar-refractivity contribution in [2.75, 3.05) is 13.7 Å². The smallest absolute Gasteiger partial charge is 0.331 e. The van der Waals surface area contributed by atoms with Gasteiger partial charge in [-0.2, -0.15) is 0 Å². The number of ether oxygens (including phenoxy) is 3. The number of esters is 1. The Labute approximate surface area is 129 Å². The second-order valence-corrected chi connectivity index (χ2v) is 4.57. The zero-order chi connectivity index (χ0) is 16.5. The molecule has 0 fully saturated rings. The summed E-state index contributed by atoms with van der Waals surface area (Å²) >= 11 is 0. The molecule has 22 heavy (non-hydrogen) atoms. The number of carbonyl (C=O) groups is 2. The summed E-state index contributed by atoms with van der Waals surface area (Å²) in [6.07, 6.45) is 2.72. The Morgan fingerprint density at radius 1 is 1.32 bits per heavy atom. The fourth-order valence-corrected chi connectivity index (χ4v) is 1.55. The van der Waals surface area contributed by atoms with Gasteiger partial charge < -0.3 is 19.9 Å². The van der Waals surface area contributed by atoms with Gasteiger partial charge in [0.1, 0.15) is 0 Å². The van der Waals surface area contributed by atoms with Crippen LogP contribution in [0, 0.1) is 0 Å². The summed E-state index contributed by atoms with van der Waals surface area (Å²) in [5.41, 5.74) is 5.76. The minimum atomic E-state index is -0.962. The molecule has 0 aromatic heterocycles. The molecule has 2 N–H and O–H groups in total. The van der Waals surface area contributed by atoms with Crippen molar-refractivity contribution in [3.8, 4) is 11.5 Å². The van der Waals surface area contributed by atoms with E-state index < -0.39 is 18.0 Å². The predicted octanol–water partition coefficient (Wildman–Crippen LogP) is 1.91. The molecule has 0 heterocycles. The van der Waals surface area contributed by atoms with E-state index in [2.05, 4.69) is 0 Å². The summed E-state index contributed by atoms with van der Waals surface area (Å²) in [6, 6.07) is 5.30. The van der Waals surface area contributed by atoms with Crippen LogP contribution in [0.2, 0.25) is 0 Å². The predicted molar refractivity (Wildman–Crippen MR) is 82.6 cm³/mol. The van der Waals surface area contributed by atoms with Crippen LogP contribution in [0.3, 0.4) is 0 Å². The van der Waals surface area contributed by atoms with Gasteiger partial charge in [-0.25, -0.2) is 4.79 Å². The first-order chi connectivity index (χ1) is 10.5. The number of nitrogens with two attached hydrogens (primary N) is 1. The van der Waals surface area contributed by atoms with Crippen LogP contribution in [0.5, 0.6) is 11.5 Å². The molecule has 6 nitrogen and oxygen atoms in total. The van der Waals surface area contributed by atoms with Gasteiger partial charge in [-0.1, -0.05) is 13.0 Å². The van der Waals surface area contributed by atoms with E-state index in [0.29, 0.717) is 18.1 Å². The Morgan fingerprint density at radius 3 is 2.64 bits per heavy atom. The van der Waals surface area contributed by atoms with E-state index in [-0.39, 0.29) is 0 Å². The first-order valence-corrected chi connectivity index (χ1v) is 6.96. The van der Waals surface area contributed by atoms with E-state index in [4.69, 9.17) is 19.9 Å². The minimum Gasteiger partial charge on any atom is -0.493 e. The molecule has 0 radical (unpaired) electrons. The van der Waals surface area contributed by atoms with Crippen LogP contribution < -0.4 is 15.2 Å². The molecule has 1 amide bonds. The summed E-state index contributed by atoms with van der Waals surface area (Å²) in [6.45, 7) is 4.03. The second kappa shape index (κ2) is 8.71. The molecule has 1 aromatic rings. The van der Waals surface area contributed by atoms with Crippen LogP contribution in [0.25, 0.3) is 6.08 Å². The van der Waals surface area contributed by atoms with Gasteiger partial charge in [-0.05, 0) is 37.1 Å². The number of hydrogen-bond acceptors (Lipinski definition) is 5. The van der Waals surface area contributed by atoms with Gasteiger partial charge in [0.05, 0.1) is 13.7 Å². The van der Waals surface area contributed by atoms with Crippen LogP contribution in [0.15, 0.2) is 24.3 Å². The van der Waals surface area contributed by atoms with Crippen molar-refractivity contribution in [3.63, 3.8) is 0 Å². The van der Waals surface area contributed by atoms with Crippen LogP contribution in [-0.2, 0) is 14.3 Å². The van der Waals surface area contributed by atoms with Crippen molar-refractivity contribution in [2.24, 2.45) is 5.73 Å².